The predicted octanol–water partition coefficient (Wildman–Crippen LogP) is 1.37. The molecule has 3 rings (SSSR count). The van der Waals surface area contributed by atoms with Crippen molar-refractivity contribution < 1.29 is 4.74 Å². The third kappa shape index (κ3) is 2.13. The lowest BCUT2D eigenvalue weighted by Crippen LogP contribution is -2.28. The number of imidazole rings is 1. The largest absolute Gasteiger partial charge is 0.497 e. The Morgan fingerprint density at radius 3 is 3.11 bits per heavy atom. The molecule has 0 aliphatic carbocycles. The molecule has 1 aromatic carbocycles. The van der Waals surface area contributed by atoms with Crippen LogP contribution in [0.4, 0.5) is 5.95 Å². The third-order valence-corrected chi connectivity index (χ3v) is 3.32. The molecule has 0 radical (unpaired) electrons. The second-order valence-electron chi connectivity index (χ2n) is 4.53. The number of H-pyrrole nitrogens is 1. The molecule has 96 valence electrons. The average molecular weight is 246 g/mol. The molecule has 2 aromatic rings. The maximum Gasteiger partial charge on any atom is 0.203 e. The van der Waals surface area contributed by atoms with Crippen molar-refractivity contribution in [3.63, 3.8) is 0 Å². The molecule has 1 aliphatic heterocycles. The fourth-order valence-corrected chi connectivity index (χ4v) is 2.31. The first kappa shape index (κ1) is 11.3. The van der Waals surface area contributed by atoms with Gasteiger partial charge in [-0.15, -0.1) is 0 Å². The number of hydrogen-bond acceptors (Lipinski definition) is 4. The summed E-state index contributed by atoms with van der Waals surface area (Å²) in [4.78, 5) is 10.3. The van der Waals surface area contributed by atoms with Crippen molar-refractivity contribution in [3.8, 4) is 5.75 Å². The topological polar surface area (TPSA) is 53.2 Å². The van der Waals surface area contributed by atoms with E-state index >= 15 is 0 Å². The van der Waals surface area contributed by atoms with Gasteiger partial charge in [-0.25, -0.2) is 4.98 Å². The minimum Gasteiger partial charge on any atom is -0.497 e. The summed E-state index contributed by atoms with van der Waals surface area (Å²) < 4.78 is 5.23. The van der Waals surface area contributed by atoms with E-state index in [4.69, 9.17) is 4.74 Å². The van der Waals surface area contributed by atoms with E-state index in [2.05, 4.69) is 20.2 Å². The van der Waals surface area contributed by atoms with Gasteiger partial charge in [0.25, 0.3) is 0 Å². The summed E-state index contributed by atoms with van der Waals surface area (Å²) in [6, 6.07) is 5.92. The smallest absolute Gasteiger partial charge is 0.203 e. The van der Waals surface area contributed by atoms with E-state index in [9.17, 15) is 0 Å². The van der Waals surface area contributed by atoms with E-state index in [-0.39, 0.29) is 0 Å². The van der Waals surface area contributed by atoms with Crippen LogP contribution in [0, 0.1) is 0 Å². The normalized spacial score (nSPS) is 16.8. The summed E-state index contributed by atoms with van der Waals surface area (Å²) in [6.07, 6.45) is 1.15. The lowest BCUT2D eigenvalue weighted by Gasteiger charge is -2.18. The van der Waals surface area contributed by atoms with Gasteiger partial charge in [0.2, 0.25) is 5.95 Å². The Morgan fingerprint density at radius 2 is 2.22 bits per heavy atom. The van der Waals surface area contributed by atoms with Gasteiger partial charge in [0.15, 0.2) is 0 Å². The number of aromatic amines is 1. The number of ether oxygens (including phenoxy) is 1. The van der Waals surface area contributed by atoms with E-state index < -0.39 is 0 Å². The maximum atomic E-state index is 5.23. The van der Waals surface area contributed by atoms with Gasteiger partial charge in [-0.2, -0.15) is 0 Å². The lowest BCUT2D eigenvalue weighted by molar-refractivity contribution is 0.415. The van der Waals surface area contributed by atoms with Gasteiger partial charge in [-0.1, -0.05) is 0 Å². The summed E-state index contributed by atoms with van der Waals surface area (Å²) in [7, 11) is 1.68. The minimum absolute atomic E-state index is 0.857. The van der Waals surface area contributed by atoms with Gasteiger partial charge in [0, 0.05) is 25.7 Å². The standard InChI is InChI=1S/C13H18N4O/c1-18-10-3-4-11-12(9-10)16-13(15-11)17-7-2-5-14-6-8-17/h3-4,9,14H,2,5-8H2,1H3,(H,15,16). The fourth-order valence-electron chi connectivity index (χ4n) is 2.31. The van der Waals surface area contributed by atoms with Crippen molar-refractivity contribution in [2.75, 3.05) is 38.2 Å². The molecule has 0 atom stereocenters. The first-order valence-corrected chi connectivity index (χ1v) is 6.36. The Kier molecular flexibility index (Phi) is 3.06. The zero-order valence-corrected chi connectivity index (χ0v) is 10.6. The van der Waals surface area contributed by atoms with Crippen LogP contribution >= 0.6 is 0 Å². The predicted molar refractivity (Wildman–Crippen MR) is 72.3 cm³/mol. The van der Waals surface area contributed by atoms with Gasteiger partial charge >= 0.3 is 0 Å². The van der Waals surface area contributed by atoms with Crippen molar-refractivity contribution in [3.05, 3.63) is 18.2 Å². The monoisotopic (exact) mass is 246 g/mol. The number of nitrogens with zero attached hydrogens (tertiary/aromatic N) is 2. The van der Waals surface area contributed by atoms with Crippen LogP contribution in [-0.2, 0) is 0 Å². The zero-order chi connectivity index (χ0) is 12.4. The van der Waals surface area contributed by atoms with E-state index in [1.54, 1.807) is 7.11 Å². The van der Waals surface area contributed by atoms with Crippen LogP contribution in [0.15, 0.2) is 18.2 Å². The first-order valence-electron chi connectivity index (χ1n) is 6.36. The number of benzene rings is 1. The number of hydrogen-bond donors (Lipinski definition) is 2. The molecule has 18 heavy (non-hydrogen) atoms. The van der Waals surface area contributed by atoms with Gasteiger partial charge in [-0.05, 0) is 25.1 Å². The van der Waals surface area contributed by atoms with E-state index in [1.807, 2.05) is 18.2 Å². The van der Waals surface area contributed by atoms with E-state index in [0.717, 1.165) is 55.3 Å². The molecule has 5 heteroatoms. The number of fused-ring (bicyclic) bond motifs is 1. The van der Waals surface area contributed by atoms with E-state index in [1.165, 1.54) is 0 Å². The lowest BCUT2D eigenvalue weighted by atomic mass is 10.3. The first-order chi connectivity index (χ1) is 8.86. The second kappa shape index (κ2) is 4.86. The summed E-state index contributed by atoms with van der Waals surface area (Å²) in [5, 5.41) is 3.40. The van der Waals surface area contributed by atoms with Crippen molar-refractivity contribution in [2.45, 2.75) is 6.42 Å². The van der Waals surface area contributed by atoms with Gasteiger partial charge < -0.3 is 19.9 Å². The van der Waals surface area contributed by atoms with Crippen LogP contribution in [0.25, 0.3) is 11.0 Å². The number of aromatic nitrogens is 2. The van der Waals surface area contributed by atoms with Gasteiger partial charge in [0.05, 0.1) is 18.1 Å². The summed E-state index contributed by atoms with van der Waals surface area (Å²) in [5.74, 6) is 1.82. The Balaban J connectivity index is 1.91. The SMILES string of the molecule is COc1ccc2nc(N3CCCNCC3)[nH]c2c1. The average Bonchev–Trinajstić information content (AvgIpc) is 2.63. The molecule has 0 saturated carbocycles. The number of anilines is 1. The number of nitrogens with one attached hydrogen (secondary N) is 2. The Bertz CT molecular complexity index is 529. The van der Waals surface area contributed by atoms with Crippen molar-refractivity contribution in [2.24, 2.45) is 0 Å². The van der Waals surface area contributed by atoms with Crippen molar-refractivity contribution >= 4 is 17.0 Å². The highest BCUT2D eigenvalue weighted by Gasteiger charge is 2.13. The Morgan fingerprint density at radius 1 is 1.28 bits per heavy atom. The highest BCUT2D eigenvalue weighted by atomic mass is 16.5. The highest BCUT2D eigenvalue weighted by Crippen LogP contribution is 2.22. The molecular formula is C13H18N4O. The van der Waals surface area contributed by atoms with Crippen molar-refractivity contribution in [1.29, 1.82) is 0 Å². The molecule has 0 bridgehead atoms. The Labute approximate surface area is 106 Å². The molecule has 1 fully saturated rings. The van der Waals surface area contributed by atoms with Crippen LogP contribution in [0.5, 0.6) is 5.75 Å². The molecule has 1 aromatic heterocycles. The summed E-state index contributed by atoms with van der Waals surface area (Å²) in [5.41, 5.74) is 2.02. The van der Waals surface area contributed by atoms with Crippen molar-refractivity contribution in [1.82, 2.24) is 15.3 Å². The molecule has 5 nitrogen and oxygen atoms in total. The Hall–Kier alpha value is -1.75. The van der Waals surface area contributed by atoms with Crippen LogP contribution < -0.4 is 15.0 Å². The number of rotatable bonds is 2. The maximum absolute atomic E-state index is 5.23. The molecule has 0 unspecified atom stereocenters. The highest BCUT2D eigenvalue weighted by molar-refractivity contribution is 5.79. The van der Waals surface area contributed by atoms with Crippen LogP contribution in [0.1, 0.15) is 6.42 Å². The van der Waals surface area contributed by atoms with Crippen LogP contribution in [0.3, 0.4) is 0 Å². The summed E-state index contributed by atoms with van der Waals surface area (Å²) >= 11 is 0. The zero-order valence-electron chi connectivity index (χ0n) is 10.6. The molecular weight excluding hydrogens is 228 g/mol. The molecule has 2 heterocycles. The second-order valence-corrected chi connectivity index (χ2v) is 4.53. The van der Waals surface area contributed by atoms with E-state index in [0.29, 0.717) is 0 Å². The van der Waals surface area contributed by atoms with Gasteiger partial charge in [-0.3, -0.25) is 0 Å². The summed E-state index contributed by atoms with van der Waals surface area (Å²) in [6.45, 7) is 4.14. The minimum atomic E-state index is 0.857. The molecule has 1 aliphatic rings. The van der Waals surface area contributed by atoms with Crippen LogP contribution in [0.2, 0.25) is 0 Å². The molecule has 1 saturated heterocycles. The molecule has 0 amide bonds. The van der Waals surface area contributed by atoms with Gasteiger partial charge in [0.1, 0.15) is 5.75 Å². The molecule has 0 spiro atoms. The fraction of sp³-hybridized carbons (Fsp3) is 0.462. The third-order valence-electron chi connectivity index (χ3n) is 3.32. The van der Waals surface area contributed by atoms with Crippen LogP contribution in [-0.4, -0.2) is 43.3 Å². The quantitative estimate of drug-likeness (QED) is 0.840. The number of methoxy groups -OCH3 is 1. The molecule has 2 N–H and O–H groups in total.